The zero-order valence-corrected chi connectivity index (χ0v) is 15.0. The molecule has 2 saturated heterocycles. The van der Waals surface area contributed by atoms with E-state index in [-0.39, 0.29) is 19.0 Å². The first-order chi connectivity index (χ1) is 9.85. The number of piperidine rings is 1. The third kappa shape index (κ3) is 4.53. The molecule has 0 amide bonds. The molecule has 2 heterocycles. The van der Waals surface area contributed by atoms with Crippen molar-refractivity contribution in [2.24, 2.45) is 5.73 Å². The van der Waals surface area contributed by atoms with Crippen molar-refractivity contribution in [3.63, 3.8) is 0 Å². The third-order valence-electron chi connectivity index (χ3n) is 4.65. The lowest BCUT2D eigenvalue weighted by molar-refractivity contribution is -0.179. The van der Waals surface area contributed by atoms with Gasteiger partial charge in [0.1, 0.15) is 0 Å². The second kappa shape index (κ2) is 7.74. The highest BCUT2D eigenvalue weighted by atomic mass is 35.5. The highest BCUT2D eigenvalue weighted by Gasteiger charge is 2.42. The molecule has 3 N–H and O–H groups in total. The fraction of sp³-hybridized carbons (Fsp3) is 1.00. The molecule has 2 aliphatic rings. The van der Waals surface area contributed by atoms with Crippen LogP contribution in [0.15, 0.2) is 0 Å². The van der Waals surface area contributed by atoms with E-state index in [1.54, 1.807) is 0 Å². The van der Waals surface area contributed by atoms with Crippen LogP contribution in [0.1, 0.15) is 39.5 Å². The van der Waals surface area contributed by atoms with Crippen LogP contribution in [0.25, 0.3) is 0 Å². The summed E-state index contributed by atoms with van der Waals surface area (Å²) in [6, 6.07) is 0. The van der Waals surface area contributed by atoms with Crippen molar-refractivity contribution in [2.75, 3.05) is 32.8 Å². The molecular formula is C13H28ClN3O4S. The predicted octanol–water partition coefficient (Wildman–Crippen LogP) is 0.599. The van der Waals surface area contributed by atoms with Crippen molar-refractivity contribution >= 4 is 22.6 Å². The summed E-state index contributed by atoms with van der Waals surface area (Å²) in [6.45, 7) is 6.20. The molecule has 2 rings (SSSR count). The second-order valence-corrected chi connectivity index (χ2v) is 7.66. The Bertz CT molecular complexity index is 440. The van der Waals surface area contributed by atoms with Gasteiger partial charge >= 0.3 is 0 Å². The first-order valence-electron chi connectivity index (χ1n) is 7.66. The number of ether oxygens (including phenoxy) is 2. The van der Waals surface area contributed by atoms with E-state index >= 15 is 0 Å². The molecular weight excluding hydrogens is 330 g/mol. The Hall–Kier alpha value is 0.0400. The molecule has 0 aromatic carbocycles. The predicted molar refractivity (Wildman–Crippen MR) is 87.1 cm³/mol. The highest BCUT2D eigenvalue weighted by molar-refractivity contribution is 7.87. The van der Waals surface area contributed by atoms with Crippen LogP contribution in [0.2, 0.25) is 0 Å². The molecule has 0 radical (unpaired) electrons. The summed E-state index contributed by atoms with van der Waals surface area (Å²) in [4.78, 5) is 0. The van der Waals surface area contributed by atoms with Gasteiger partial charge in [0.25, 0.3) is 10.2 Å². The second-order valence-electron chi connectivity index (χ2n) is 5.90. The van der Waals surface area contributed by atoms with Crippen LogP contribution in [-0.4, -0.2) is 56.9 Å². The van der Waals surface area contributed by atoms with Gasteiger partial charge in [-0.15, -0.1) is 12.4 Å². The number of hydrogen-bond acceptors (Lipinski definition) is 5. The number of halogens is 1. The number of nitrogens with one attached hydrogen (secondary N) is 1. The van der Waals surface area contributed by atoms with Crippen LogP contribution >= 0.6 is 12.4 Å². The van der Waals surface area contributed by atoms with Gasteiger partial charge in [-0.3, -0.25) is 0 Å². The molecule has 132 valence electrons. The Morgan fingerprint density at radius 2 is 1.68 bits per heavy atom. The van der Waals surface area contributed by atoms with Crippen LogP contribution in [0.4, 0.5) is 0 Å². The Morgan fingerprint density at radius 1 is 1.18 bits per heavy atom. The maximum absolute atomic E-state index is 12.3. The summed E-state index contributed by atoms with van der Waals surface area (Å²) >= 11 is 0. The van der Waals surface area contributed by atoms with Crippen molar-refractivity contribution in [1.82, 2.24) is 9.03 Å². The lowest BCUT2D eigenvalue weighted by atomic mass is 9.95. The van der Waals surface area contributed by atoms with E-state index in [0.29, 0.717) is 39.1 Å². The fourth-order valence-corrected chi connectivity index (χ4v) is 3.99. The molecule has 0 aliphatic carbocycles. The Balaban J connectivity index is 0.00000242. The molecule has 9 heteroatoms. The molecule has 0 aromatic heterocycles. The molecule has 0 atom stereocenters. The maximum Gasteiger partial charge on any atom is 0.279 e. The number of nitrogens with two attached hydrogens (primary N) is 1. The normalized spacial score (nSPS) is 22.7. The summed E-state index contributed by atoms with van der Waals surface area (Å²) in [7, 11) is -3.49. The van der Waals surface area contributed by atoms with Gasteiger partial charge < -0.3 is 15.2 Å². The summed E-state index contributed by atoms with van der Waals surface area (Å²) in [6.07, 6.45) is 2.61. The summed E-state index contributed by atoms with van der Waals surface area (Å²) < 4.78 is 40.0. The summed E-state index contributed by atoms with van der Waals surface area (Å²) in [5.74, 6) is -0.559. The standard InChI is InChI=1S/C13H27N3O4S.ClH/c1-3-12(14,4-2)11-15-21(17,18)16-7-5-13(6-8-16)19-9-10-20-13;/h15H,3-11,14H2,1-2H3;1H. The van der Waals surface area contributed by atoms with Crippen LogP contribution in [0, 0.1) is 0 Å². The molecule has 22 heavy (non-hydrogen) atoms. The molecule has 0 bridgehead atoms. The molecule has 1 spiro atoms. The molecule has 0 saturated carbocycles. The van der Waals surface area contributed by atoms with E-state index in [4.69, 9.17) is 15.2 Å². The largest absolute Gasteiger partial charge is 0.347 e. The van der Waals surface area contributed by atoms with Gasteiger partial charge in [-0.1, -0.05) is 13.8 Å². The zero-order chi connectivity index (χ0) is 15.6. The van der Waals surface area contributed by atoms with Gasteiger partial charge in [0, 0.05) is 38.0 Å². The van der Waals surface area contributed by atoms with E-state index in [9.17, 15) is 8.42 Å². The topological polar surface area (TPSA) is 93.9 Å². The molecule has 7 nitrogen and oxygen atoms in total. The SMILES string of the molecule is CCC(N)(CC)CNS(=O)(=O)N1CCC2(CC1)OCCO2.Cl. The Kier molecular flexibility index (Phi) is 7.07. The van der Waals surface area contributed by atoms with Crippen molar-refractivity contribution in [2.45, 2.75) is 50.9 Å². The fourth-order valence-electron chi connectivity index (χ4n) is 2.68. The zero-order valence-electron chi connectivity index (χ0n) is 13.3. The van der Waals surface area contributed by atoms with Crippen molar-refractivity contribution in [1.29, 1.82) is 0 Å². The summed E-state index contributed by atoms with van der Waals surface area (Å²) in [5.41, 5.74) is 5.66. The molecule has 2 fully saturated rings. The number of rotatable bonds is 6. The first kappa shape index (κ1) is 20.1. The van der Waals surface area contributed by atoms with E-state index in [1.807, 2.05) is 13.8 Å². The molecule has 0 unspecified atom stereocenters. The molecule has 0 aromatic rings. The minimum Gasteiger partial charge on any atom is -0.347 e. The van der Waals surface area contributed by atoms with E-state index in [2.05, 4.69) is 4.72 Å². The number of nitrogens with zero attached hydrogens (tertiary/aromatic N) is 1. The van der Waals surface area contributed by atoms with E-state index < -0.39 is 21.5 Å². The van der Waals surface area contributed by atoms with Crippen LogP contribution in [0.5, 0.6) is 0 Å². The quantitative estimate of drug-likeness (QED) is 0.726. The van der Waals surface area contributed by atoms with Crippen molar-refractivity contribution in [3.8, 4) is 0 Å². The average molecular weight is 358 g/mol. The van der Waals surface area contributed by atoms with E-state index in [0.717, 1.165) is 12.8 Å². The van der Waals surface area contributed by atoms with Crippen LogP contribution < -0.4 is 10.5 Å². The first-order valence-corrected chi connectivity index (χ1v) is 9.10. The Labute approximate surface area is 139 Å². The maximum atomic E-state index is 12.3. The van der Waals surface area contributed by atoms with Gasteiger partial charge in [0.05, 0.1) is 13.2 Å². The van der Waals surface area contributed by atoms with Crippen LogP contribution in [0.3, 0.4) is 0 Å². The van der Waals surface area contributed by atoms with Gasteiger partial charge in [0.15, 0.2) is 5.79 Å². The van der Waals surface area contributed by atoms with Gasteiger partial charge in [-0.05, 0) is 12.8 Å². The number of hydrogen-bond donors (Lipinski definition) is 2. The average Bonchev–Trinajstić information content (AvgIpc) is 2.93. The van der Waals surface area contributed by atoms with Gasteiger partial charge in [-0.2, -0.15) is 12.7 Å². The minimum absolute atomic E-state index is 0. The van der Waals surface area contributed by atoms with Crippen molar-refractivity contribution < 1.29 is 17.9 Å². The minimum atomic E-state index is -3.49. The molecule has 2 aliphatic heterocycles. The summed E-state index contributed by atoms with van der Waals surface area (Å²) in [5, 5.41) is 0. The monoisotopic (exact) mass is 357 g/mol. The van der Waals surface area contributed by atoms with Crippen molar-refractivity contribution in [3.05, 3.63) is 0 Å². The van der Waals surface area contributed by atoms with Gasteiger partial charge in [-0.25, -0.2) is 4.72 Å². The Morgan fingerprint density at radius 3 is 2.14 bits per heavy atom. The van der Waals surface area contributed by atoms with Gasteiger partial charge in [0.2, 0.25) is 0 Å². The third-order valence-corrected chi connectivity index (χ3v) is 6.21. The highest BCUT2D eigenvalue weighted by Crippen LogP contribution is 2.31. The lowest BCUT2D eigenvalue weighted by Crippen LogP contribution is -2.55. The van der Waals surface area contributed by atoms with Crippen LogP contribution in [-0.2, 0) is 19.7 Å². The lowest BCUT2D eigenvalue weighted by Gasteiger charge is -2.37. The smallest absolute Gasteiger partial charge is 0.279 e. The van der Waals surface area contributed by atoms with E-state index in [1.165, 1.54) is 4.31 Å².